The summed E-state index contributed by atoms with van der Waals surface area (Å²) in [5, 5.41) is 3.09. The second kappa shape index (κ2) is 10.4. The number of likely N-dealkylation sites (tertiary alicyclic amines) is 2. The predicted octanol–water partition coefficient (Wildman–Crippen LogP) is 3.87. The van der Waals surface area contributed by atoms with Gasteiger partial charge in [-0.25, -0.2) is 0 Å². The van der Waals surface area contributed by atoms with Crippen LogP contribution in [0.4, 0.5) is 5.69 Å². The molecular formula is C26H35N3O3. The third-order valence-electron chi connectivity index (χ3n) is 6.96. The van der Waals surface area contributed by atoms with Crippen molar-refractivity contribution in [3.05, 3.63) is 54.1 Å². The number of nitrogens with one attached hydrogen (secondary N) is 1. The van der Waals surface area contributed by atoms with Crippen molar-refractivity contribution in [3.63, 3.8) is 0 Å². The largest absolute Gasteiger partial charge is 0.497 e. The Morgan fingerprint density at radius 2 is 1.94 bits per heavy atom. The van der Waals surface area contributed by atoms with Gasteiger partial charge in [-0.1, -0.05) is 24.3 Å². The van der Waals surface area contributed by atoms with Crippen molar-refractivity contribution in [2.75, 3.05) is 46.2 Å². The Morgan fingerprint density at radius 1 is 1.09 bits per heavy atom. The highest BCUT2D eigenvalue weighted by Crippen LogP contribution is 2.34. The number of para-hydroxylation sites is 2. The van der Waals surface area contributed by atoms with Gasteiger partial charge in [-0.15, -0.1) is 0 Å². The zero-order valence-corrected chi connectivity index (χ0v) is 19.4. The molecule has 2 heterocycles. The van der Waals surface area contributed by atoms with Crippen molar-refractivity contribution >= 4 is 11.6 Å². The molecule has 1 amide bonds. The third kappa shape index (κ3) is 5.25. The van der Waals surface area contributed by atoms with E-state index in [1.165, 1.54) is 18.4 Å². The Bertz CT molecular complexity index is 919. The maximum atomic E-state index is 13.0. The average Bonchev–Trinajstić information content (AvgIpc) is 3.21. The molecule has 3 atom stereocenters. The first kappa shape index (κ1) is 22.6. The van der Waals surface area contributed by atoms with E-state index in [0.717, 1.165) is 44.0 Å². The van der Waals surface area contributed by atoms with Gasteiger partial charge >= 0.3 is 0 Å². The molecule has 0 saturated carbocycles. The van der Waals surface area contributed by atoms with Gasteiger partial charge in [0, 0.05) is 25.7 Å². The predicted molar refractivity (Wildman–Crippen MR) is 127 cm³/mol. The van der Waals surface area contributed by atoms with Crippen molar-refractivity contribution in [3.8, 4) is 11.5 Å². The molecule has 2 fully saturated rings. The molecule has 0 spiro atoms. The van der Waals surface area contributed by atoms with Crippen LogP contribution in [0.1, 0.15) is 24.8 Å². The van der Waals surface area contributed by atoms with Crippen LogP contribution in [0.25, 0.3) is 0 Å². The molecule has 0 bridgehead atoms. The number of carbonyl (C=O) groups excluding carboxylic acids is 1. The van der Waals surface area contributed by atoms with Crippen LogP contribution < -0.4 is 14.8 Å². The van der Waals surface area contributed by atoms with Crippen LogP contribution in [0.3, 0.4) is 0 Å². The van der Waals surface area contributed by atoms with Gasteiger partial charge in [0.25, 0.3) is 0 Å². The van der Waals surface area contributed by atoms with Gasteiger partial charge in [0.2, 0.25) is 5.91 Å². The number of carbonyl (C=O) groups is 1. The summed E-state index contributed by atoms with van der Waals surface area (Å²) in [6, 6.07) is 16.4. The van der Waals surface area contributed by atoms with Gasteiger partial charge < -0.3 is 19.7 Å². The van der Waals surface area contributed by atoms with Gasteiger partial charge in [0.05, 0.1) is 25.8 Å². The summed E-state index contributed by atoms with van der Waals surface area (Å²) >= 11 is 0. The molecule has 2 aromatic carbocycles. The van der Waals surface area contributed by atoms with Gasteiger partial charge in [0.15, 0.2) is 0 Å². The highest BCUT2D eigenvalue weighted by Gasteiger charge is 2.39. The lowest BCUT2D eigenvalue weighted by Gasteiger charge is -2.38. The number of amides is 1. The molecule has 0 unspecified atom stereocenters. The SMILES string of the molecule is COc1cccc(CN2CCC[C@H]([C@H]3C[C@H](C(=O)Nc4ccccc4OC)CN3C)C2)c1. The first-order valence-electron chi connectivity index (χ1n) is 11.6. The molecule has 0 radical (unpaired) electrons. The fraction of sp³-hybridized carbons (Fsp3) is 0.500. The maximum Gasteiger partial charge on any atom is 0.228 e. The molecule has 2 aliphatic heterocycles. The van der Waals surface area contributed by atoms with E-state index in [9.17, 15) is 4.79 Å². The van der Waals surface area contributed by atoms with E-state index in [0.29, 0.717) is 17.7 Å². The van der Waals surface area contributed by atoms with Crippen LogP contribution in [0.5, 0.6) is 11.5 Å². The number of anilines is 1. The monoisotopic (exact) mass is 437 g/mol. The normalized spacial score (nSPS) is 24.3. The molecule has 2 aliphatic rings. The molecule has 32 heavy (non-hydrogen) atoms. The second-order valence-corrected chi connectivity index (χ2v) is 9.12. The van der Waals surface area contributed by atoms with Crippen molar-refractivity contribution < 1.29 is 14.3 Å². The zero-order valence-electron chi connectivity index (χ0n) is 19.4. The van der Waals surface area contributed by atoms with E-state index >= 15 is 0 Å². The summed E-state index contributed by atoms with van der Waals surface area (Å²) in [6.07, 6.45) is 3.34. The Morgan fingerprint density at radius 3 is 2.75 bits per heavy atom. The van der Waals surface area contributed by atoms with Crippen molar-refractivity contribution in [2.24, 2.45) is 11.8 Å². The molecule has 6 nitrogen and oxygen atoms in total. The molecule has 6 heteroatoms. The average molecular weight is 438 g/mol. The molecule has 0 aliphatic carbocycles. The number of hydrogen-bond acceptors (Lipinski definition) is 5. The van der Waals surface area contributed by atoms with Crippen LogP contribution in [-0.4, -0.2) is 62.7 Å². The highest BCUT2D eigenvalue weighted by molar-refractivity contribution is 5.94. The smallest absolute Gasteiger partial charge is 0.228 e. The van der Waals surface area contributed by atoms with Gasteiger partial charge in [-0.2, -0.15) is 0 Å². The minimum absolute atomic E-state index is 0.00340. The quantitative estimate of drug-likeness (QED) is 0.713. The van der Waals surface area contributed by atoms with Crippen molar-refractivity contribution in [1.82, 2.24) is 9.80 Å². The summed E-state index contributed by atoms with van der Waals surface area (Å²) in [4.78, 5) is 18.0. The first-order valence-corrected chi connectivity index (χ1v) is 11.6. The summed E-state index contributed by atoms with van der Waals surface area (Å²) in [7, 11) is 5.51. The topological polar surface area (TPSA) is 54.0 Å². The molecule has 2 aromatic rings. The number of ether oxygens (including phenoxy) is 2. The number of hydrogen-bond donors (Lipinski definition) is 1. The highest BCUT2D eigenvalue weighted by atomic mass is 16.5. The van der Waals surface area contributed by atoms with E-state index in [4.69, 9.17) is 9.47 Å². The molecule has 4 rings (SSSR count). The molecule has 0 aromatic heterocycles. The Labute approximate surface area is 191 Å². The Hall–Kier alpha value is -2.57. The number of piperidine rings is 1. The summed E-state index contributed by atoms with van der Waals surface area (Å²) in [5.74, 6) is 2.29. The van der Waals surface area contributed by atoms with E-state index in [1.807, 2.05) is 30.3 Å². The fourth-order valence-corrected chi connectivity index (χ4v) is 5.33. The molecule has 1 N–H and O–H groups in total. The Balaban J connectivity index is 1.35. The number of benzene rings is 2. The first-order chi connectivity index (χ1) is 15.6. The van der Waals surface area contributed by atoms with Crippen LogP contribution in [0.2, 0.25) is 0 Å². The van der Waals surface area contributed by atoms with Gasteiger partial charge in [-0.3, -0.25) is 9.69 Å². The summed E-state index contributed by atoms with van der Waals surface area (Å²) in [6.45, 7) is 3.95. The standard InChI is InChI=1S/C26H35N3O3/c1-28-17-21(26(30)27-23-11-4-5-12-25(23)32-3)15-24(28)20-9-7-13-29(18-20)16-19-8-6-10-22(14-19)31-2/h4-6,8,10-12,14,20-21,24H,7,9,13,15-18H2,1-3H3,(H,27,30)/t20-,21-,24+/m0/s1. The van der Waals surface area contributed by atoms with Gasteiger partial charge in [-0.05, 0) is 68.6 Å². The lowest BCUT2D eigenvalue weighted by molar-refractivity contribution is -0.119. The maximum absolute atomic E-state index is 13.0. The van der Waals surface area contributed by atoms with Crippen LogP contribution in [0, 0.1) is 11.8 Å². The minimum atomic E-state index is 0.00340. The van der Waals surface area contributed by atoms with E-state index in [-0.39, 0.29) is 11.8 Å². The van der Waals surface area contributed by atoms with E-state index in [1.54, 1.807) is 14.2 Å². The lowest BCUT2D eigenvalue weighted by Crippen LogP contribution is -2.43. The molecular weight excluding hydrogens is 402 g/mol. The number of rotatable bonds is 7. The van der Waals surface area contributed by atoms with Crippen molar-refractivity contribution in [1.29, 1.82) is 0 Å². The van der Waals surface area contributed by atoms with Crippen molar-refractivity contribution in [2.45, 2.75) is 31.8 Å². The second-order valence-electron chi connectivity index (χ2n) is 9.12. The summed E-state index contributed by atoms with van der Waals surface area (Å²) in [5.41, 5.74) is 2.03. The molecule has 172 valence electrons. The van der Waals surface area contributed by atoms with E-state index < -0.39 is 0 Å². The number of nitrogens with zero attached hydrogens (tertiary/aromatic N) is 2. The zero-order chi connectivity index (χ0) is 22.5. The minimum Gasteiger partial charge on any atom is -0.497 e. The number of methoxy groups -OCH3 is 2. The molecule has 2 saturated heterocycles. The van der Waals surface area contributed by atoms with Crippen LogP contribution in [0.15, 0.2) is 48.5 Å². The fourth-order valence-electron chi connectivity index (χ4n) is 5.33. The third-order valence-corrected chi connectivity index (χ3v) is 6.96. The van der Waals surface area contributed by atoms with Crippen LogP contribution in [-0.2, 0) is 11.3 Å². The Kier molecular flexibility index (Phi) is 7.33. The lowest BCUT2D eigenvalue weighted by atomic mass is 9.87. The van der Waals surface area contributed by atoms with Gasteiger partial charge in [0.1, 0.15) is 11.5 Å². The van der Waals surface area contributed by atoms with Crippen LogP contribution >= 0.6 is 0 Å². The summed E-state index contributed by atoms with van der Waals surface area (Å²) < 4.78 is 10.8. The van der Waals surface area contributed by atoms with E-state index in [2.05, 4.69) is 40.4 Å².